The maximum atomic E-state index is 15.4. The molecule has 45 heavy (non-hydrogen) atoms. The third-order valence-corrected chi connectivity index (χ3v) is 9.03. The Morgan fingerprint density at radius 2 is 1.71 bits per heavy atom. The molecule has 5 aromatic rings. The van der Waals surface area contributed by atoms with Crippen molar-refractivity contribution in [1.29, 1.82) is 0 Å². The number of hydrogen-bond donors (Lipinski definition) is 1. The largest absolute Gasteiger partial charge is 0.368 e. The van der Waals surface area contributed by atoms with Crippen molar-refractivity contribution in [2.45, 2.75) is 19.9 Å². The summed E-state index contributed by atoms with van der Waals surface area (Å²) in [6.45, 7) is 6.92. The van der Waals surface area contributed by atoms with Crippen molar-refractivity contribution in [2.24, 2.45) is 7.05 Å². The highest BCUT2D eigenvalue weighted by molar-refractivity contribution is 6.09. The van der Waals surface area contributed by atoms with E-state index < -0.39 is 5.82 Å². The number of carbonyl (C=O) groups excluding carboxylic acids is 1. The molecule has 0 unspecified atom stereocenters. The summed E-state index contributed by atoms with van der Waals surface area (Å²) in [5.74, 6) is -0.0506. The smallest absolute Gasteiger partial charge is 0.274 e. The lowest BCUT2D eigenvalue weighted by molar-refractivity contribution is 0.0966. The third-order valence-electron chi connectivity index (χ3n) is 9.03. The molecule has 2 aliphatic heterocycles. The summed E-state index contributed by atoms with van der Waals surface area (Å²) in [5, 5.41) is 4.20. The van der Waals surface area contributed by atoms with Gasteiger partial charge >= 0.3 is 0 Å². The van der Waals surface area contributed by atoms with Crippen molar-refractivity contribution < 1.29 is 9.18 Å². The zero-order valence-corrected chi connectivity index (χ0v) is 25.8. The summed E-state index contributed by atoms with van der Waals surface area (Å²) < 4.78 is 18.9. The van der Waals surface area contributed by atoms with E-state index in [1.165, 1.54) is 16.7 Å². The molecule has 7 rings (SSSR count). The zero-order chi connectivity index (χ0) is 31.2. The second kappa shape index (κ2) is 11.5. The van der Waals surface area contributed by atoms with Gasteiger partial charge in [-0.2, -0.15) is 0 Å². The number of pyridine rings is 2. The second-order valence-electron chi connectivity index (χ2n) is 11.9. The van der Waals surface area contributed by atoms with Crippen molar-refractivity contribution in [3.63, 3.8) is 0 Å². The van der Waals surface area contributed by atoms with Crippen LogP contribution in [0.25, 0.3) is 22.0 Å². The number of fused-ring (bicyclic) bond motifs is 3. The molecule has 2 aromatic carbocycles. The van der Waals surface area contributed by atoms with Crippen molar-refractivity contribution in [3.05, 3.63) is 100 Å². The minimum absolute atomic E-state index is 0.155. The maximum absolute atomic E-state index is 15.4. The quantitative estimate of drug-likeness (QED) is 0.285. The first-order valence-corrected chi connectivity index (χ1v) is 15.4. The number of aromatic nitrogens is 3. The molecular formula is C35H36FN7O2. The summed E-state index contributed by atoms with van der Waals surface area (Å²) in [4.78, 5) is 37.9. The Morgan fingerprint density at radius 3 is 2.47 bits per heavy atom. The van der Waals surface area contributed by atoms with Crippen LogP contribution in [0.1, 0.15) is 23.0 Å². The molecule has 1 amide bonds. The number of amides is 1. The number of benzene rings is 2. The fourth-order valence-electron chi connectivity index (χ4n) is 6.59. The average molecular weight is 606 g/mol. The third kappa shape index (κ3) is 5.25. The molecule has 3 aromatic heterocycles. The molecule has 0 aliphatic carbocycles. The van der Waals surface area contributed by atoms with E-state index in [1.54, 1.807) is 24.2 Å². The lowest BCUT2D eigenvalue weighted by atomic mass is 9.95. The van der Waals surface area contributed by atoms with Crippen molar-refractivity contribution in [3.8, 4) is 11.1 Å². The van der Waals surface area contributed by atoms with Gasteiger partial charge in [-0.05, 0) is 67.1 Å². The van der Waals surface area contributed by atoms with Crippen LogP contribution in [-0.4, -0.2) is 64.7 Å². The molecule has 0 saturated carbocycles. The molecule has 2 aliphatic rings. The van der Waals surface area contributed by atoms with E-state index in [2.05, 4.69) is 27.1 Å². The topological polar surface area (TPSA) is 78.6 Å². The normalized spacial score (nSPS) is 15.5. The number of hydrogen-bond acceptors (Lipinski definition) is 6. The first-order chi connectivity index (χ1) is 21.8. The fourth-order valence-corrected chi connectivity index (χ4v) is 6.59. The molecule has 0 bridgehead atoms. The van der Waals surface area contributed by atoms with E-state index in [0.717, 1.165) is 48.3 Å². The van der Waals surface area contributed by atoms with Gasteiger partial charge in [-0.3, -0.25) is 9.59 Å². The average Bonchev–Trinajstić information content (AvgIpc) is 3.43. The highest BCUT2D eigenvalue weighted by Crippen LogP contribution is 2.36. The van der Waals surface area contributed by atoms with Crippen molar-refractivity contribution in [2.75, 3.05) is 54.9 Å². The van der Waals surface area contributed by atoms with Gasteiger partial charge in [0.2, 0.25) is 0 Å². The van der Waals surface area contributed by atoms with Crippen molar-refractivity contribution in [1.82, 2.24) is 19.0 Å². The molecule has 0 spiro atoms. The highest BCUT2D eigenvalue weighted by Gasteiger charge is 2.30. The summed E-state index contributed by atoms with van der Waals surface area (Å²) in [5.41, 5.74) is 5.47. The molecule has 230 valence electrons. The van der Waals surface area contributed by atoms with E-state index >= 15 is 4.39 Å². The molecule has 0 radical (unpaired) electrons. The van der Waals surface area contributed by atoms with Crippen LogP contribution in [0.4, 0.5) is 27.3 Å². The van der Waals surface area contributed by atoms with E-state index in [-0.39, 0.29) is 11.5 Å². The predicted octanol–water partition coefficient (Wildman–Crippen LogP) is 5.26. The molecule has 0 atom stereocenters. The SMILES string of the molecule is CCc1c(-c2cc(Nc3ccc(N4CCN(C)CC4)cn3)c(=O)n(C)c2)cc(F)cc1N1CCn2c(cc3ccccc32)C1=O. The van der Waals surface area contributed by atoms with Gasteiger partial charge in [0.05, 0.1) is 17.6 Å². The molecule has 1 saturated heterocycles. The van der Waals surface area contributed by atoms with Crippen LogP contribution in [0.3, 0.4) is 0 Å². The summed E-state index contributed by atoms with van der Waals surface area (Å²) in [7, 11) is 3.80. The molecule has 1 N–H and O–H groups in total. The van der Waals surface area contributed by atoms with Gasteiger partial charge in [0.15, 0.2) is 0 Å². The molecule has 5 heterocycles. The highest BCUT2D eigenvalue weighted by atomic mass is 19.1. The number of likely N-dealkylation sites (N-methyl/N-ethyl adjacent to an activating group) is 1. The van der Waals surface area contributed by atoms with Gasteiger partial charge in [-0.15, -0.1) is 0 Å². The Hall–Kier alpha value is -4.96. The Balaban J connectivity index is 1.22. The van der Waals surface area contributed by atoms with E-state index in [1.807, 2.05) is 60.2 Å². The van der Waals surface area contributed by atoms with Crippen LogP contribution in [-0.2, 0) is 20.0 Å². The van der Waals surface area contributed by atoms with Crippen molar-refractivity contribution >= 4 is 39.7 Å². The first kappa shape index (κ1) is 28.8. The van der Waals surface area contributed by atoms with Gasteiger partial charge in [0, 0.05) is 69.0 Å². The lowest BCUT2D eigenvalue weighted by Gasteiger charge is -2.33. The molecule has 10 heteroatoms. The van der Waals surface area contributed by atoms with Crippen LogP contribution < -0.4 is 20.7 Å². The number of piperazine rings is 1. The Bertz CT molecular complexity index is 1970. The monoisotopic (exact) mass is 605 g/mol. The van der Waals surface area contributed by atoms with Crippen LogP contribution in [0.5, 0.6) is 0 Å². The van der Waals surface area contributed by atoms with Gasteiger partial charge in [0.1, 0.15) is 23.0 Å². The number of aryl methyl sites for hydroxylation is 1. The number of rotatable bonds is 6. The summed E-state index contributed by atoms with van der Waals surface area (Å²) >= 11 is 0. The Labute approximate surface area is 261 Å². The van der Waals surface area contributed by atoms with Gasteiger partial charge in [-0.25, -0.2) is 9.37 Å². The molecule has 9 nitrogen and oxygen atoms in total. The minimum Gasteiger partial charge on any atom is -0.368 e. The number of nitrogens with one attached hydrogen (secondary N) is 1. The number of halogens is 1. The lowest BCUT2D eigenvalue weighted by Crippen LogP contribution is -2.44. The Kier molecular flexibility index (Phi) is 7.37. The Morgan fingerprint density at radius 1 is 0.911 bits per heavy atom. The van der Waals surface area contributed by atoms with Crippen LogP contribution in [0.15, 0.2) is 77.9 Å². The maximum Gasteiger partial charge on any atom is 0.274 e. The van der Waals surface area contributed by atoms with Crippen LogP contribution in [0.2, 0.25) is 0 Å². The second-order valence-corrected chi connectivity index (χ2v) is 11.9. The predicted molar refractivity (Wildman–Crippen MR) is 177 cm³/mol. The number of anilines is 4. The van der Waals surface area contributed by atoms with E-state index in [0.29, 0.717) is 53.5 Å². The molecule has 1 fully saturated rings. The summed E-state index contributed by atoms with van der Waals surface area (Å²) in [6, 6.07) is 18.4. The molecular weight excluding hydrogens is 569 g/mol. The van der Waals surface area contributed by atoms with Gasteiger partial charge in [-0.1, -0.05) is 25.1 Å². The van der Waals surface area contributed by atoms with Crippen LogP contribution in [0, 0.1) is 5.82 Å². The van der Waals surface area contributed by atoms with Gasteiger partial charge in [0.25, 0.3) is 11.5 Å². The standard InChI is InChI=1S/C35H36FN7O2/c1-4-27-28(19-25(36)20-31(27)43-16-15-42-30-8-6-5-7-23(30)18-32(42)35(43)45)24-17-29(34(44)40(3)22-24)38-33-10-9-26(21-37-33)41-13-11-39(2)12-14-41/h5-10,17-22H,4,11-16H2,1-3H3,(H,37,38). The first-order valence-electron chi connectivity index (χ1n) is 15.4. The summed E-state index contributed by atoms with van der Waals surface area (Å²) in [6.07, 6.45) is 4.11. The van der Waals surface area contributed by atoms with Gasteiger partial charge < -0.3 is 29.2 Å². The zero-order valence-electron chi connectivity index (χ0n) is 25.8. The minimum atomic E-state index is -0.444. The number of para-hydroxylation sites is 1. The fraction of sp³-hybridized carbons (Fsp3) is 0.286. The van der Waals surface area contributed by atoms with Crippen LogP contribution >= 0.6 is 0 Å². The number of nitrogens with zero attached hydrogens (tertiary/aromatic N) is 6. The van der Waals surface area contributed by atoms with E-state index in [9.17, 15) is 9.59 Å². The number of carbonyl (C=O) groups is 1. The van der Waals surface area contributed by atoms with E-state index in [4.69, 9.17) is 0 Å².